The van der Waals surface area contributed by atoms with Crippen LogP contribution in [0.2, 0.25) is 0 Å². The fourth-order valence-electron chi connectivity index (χ4n) is 3.69. The second-order valence-corrected chi connectivity index (χ2v) is 8.13. The molecule has 4 heteroatoms. The number of nitrogens with one attached hydrogen (secondary N) is 1. The van der Waals surface area contributed by atoms with E-state index in [-0.39, 0.29) is 17.6 Å². The summed E-state index contributed by atoms with van der Waals surface area (Å²) >= 11 is 1.97. The highest BCUT2D eigenvalue weighted by atomic mass is 32.2. The number of thioether (sulfide) groups is 1. The Bertz CT molecular complexity index is 566. The molecule has 2 aliphatic rings. The van der Waals surface area contributed by atoms with Crippen molar-refractivity contribution >= 4 is 17.7 Å². The molecule has 2 atom stereocenters. The lowest BCUT2D eigenvalue weighted by atomic mass is 9.89. The van der Waals surface area contributed by atoms with Gasteiger partial charge in [-0.15, -0.1) is 0 Å². The molecule has 0 radical (unpaired) electrons. The van der Waals surface area contributed by atoms with Crippen LogP contribution in [0.15, 0.2) is 18.2 Å². The quantitative estimate of drug-likeness (QED) is 0.918. The molecule has 1 aromatic rings. The standard InChI is InChI=1S/C19H27NO2S/c1-14-3-4-16(15(2)11-14)5-6-18(21)20-17-7-9-22-19(12-17)8-10-23-13-19/h3-4,11,17H,5-10,12-13H2,1-2H3,(H,20,21)/t17-,19+/m0/s1. The monoisotopic (exact) mass is 333 g/mol. The third kappa shape index (κ3) is 4.30. The summed E-state index contributed by atoms with van der Waals surface area (Å²) in [6, 6.07) is 6.75. The van der Waals surface area contributed by atoms with E-state index in [0.29, 0.717) is 6.42 Å². The van der Waals surface area contributed by atoms with E-state index in [1.165, 1.54) is 22.4 Å². The number of carbonyl (C=O) groups is 1. The number of carbonyl (C=O) groups excluding carboxylic acids is 1. The number of amides is 1. The van der Waals surface area contributed by atoms with E-state index in [9.17, 15) is 4.79 Å². The number of aryl methyl sites for hydroxylation is 3. The zero-order valence-corrected chi connectivity index (χ0v) is 15.0. The van der Waals surface area contributed by atoms with Crippen LogP contribution in [0, 0.1) is 13.8 Å². The Morgan fingerprint density at radius 2 is 2.30 bits per heavy atom. The van der Waals surface area contributed by atoms with Gasteiger partial charge in [0.15, 0.2) is 0 Å². The van der Waals surface area contributed by atoms with Crippen molar-refractivity contribution in [1.82, 2.24) is 5.32 Å². The Morgan fingerprint density at radius 3 is 3.04 bits per heavy atom. The average molecular weight is 333 g/mol. The Kier molecular flexibility index (Phi) is 5.32. The number of benzene rings is 1. The third-order valence-electron chi connectivity index (χ3n) is 5.04. The lowest BCUT2D eigenvalue weighted by Gasteiger charge is -2.38. The first-order valence-electron chi connectivity index (χ1n) is 8.64. The molecule has 1 spiro atoms. The molecule has 23 heavy (non-hydrogen) atoms. The summed E-state index contributed by atoms with van der Waals surface area (Å²) < 4.78 is 6.02. The van der Waals surface area contributed by atoms with Crippen molar-refractivity contribution in [2.45, 2.75) is 57.6 Å². The minimum Gasteiger partial charge on any atom is -0.374 e. The summed E-state index contributed by atoms with van der Waals surface area (Å²) in [5, 5.41) is 3.24. The van der Waals surface area contributed by atoms with Crippen molar-refractivity contribution in [3.8, 4) is 0 Å². The van der Waals surface area contributed by atoms with E-state index in [1.54, 1.807) is 0 Å². The van der Waals surface area contributed by atoms with Crippen molar-refractivity contribution < 1.29 is 9.53 Å². The van der Waals surface area contributed by atoms with Gasteiger partial charge in [-0.3, -0.25) is 4.79 Å². The highest BCUT2D eigenvalue weighted by Crippen LogP contribution is 2.38. The van der Waals surface area contributed by atoms with E-state index in [0.717, 1.165) is 38.0 Å². The molecule has 1 N–H and O–H groups in total. The molecule has 126 valence electrons. The minimum absolute atomic E-state index is 0.0361. The molecule has 2 fully saturated rings. The fraction of sp³-hybridized carbons (Fsp3) is 0.632. The predicted molar refractivity (Wildman–Crippen MR) is 96.0 cm³/mol. The van der Waals surface area contributed by atoms with E-state index in [2.05, 4.69) is 37.4 Å². The number of rotatable bonds is 4. The summed E-state index contributed by atoms with van der Waals surface area (Å²) in [6.45, 7) is 5.01. The second-order valence-electron chi connectivity index (χ2n) is 7.02. The normalized spacial score (nSPS) is 27.3. The molecule has 2 heterocycles. The number of hydrogen-bond donors (Lipinski definition) is 1. The maximum atomic E-state index is 12.3. The minimum atomic E-state index is 0.0361. The zero-order valence-electron chi connectivity index (χ0n) is 14.2. The Labute approximate surface area is 143 Å². The van der Waals surface area contributed by atoms with Crippen LogP contribution in [0.5, 0.6) is 0 Å². The van der Waals surface area contributed by atoms with Crippen molar-refractivity contribution in [1.29, 1.82) is 0 Å². The van der Waals surface area contributed by atoms with Crippen LogP contribution < -0.4 is 5.32 Å². The molecule has 3 nitrogen and oxygen atoms in total. The predicted octanol–water partition coefficient (Wildman–Crippen LogP) is 3.41. The maximum Gasteiger partial charge on any atom is 0.220 e. The van der Waals surface area contributed by atoms with Crippen LogP contribution >= 0.6 is 11.8 Å². The van der Waals surface area contributed by atoms with Gasteiger partial charge in [-0.05, 0) is 56.4 Å². The first kappa shape index (κ1) is 16.8. The van der Waals surface area contributed by atoms with E-state index < -0.39 is 0 Å². The van der Waals surface area contributed by atoms with Crippen LogP contribution in [-0.4, -0.2) is 35.7 Å². The average Bonchev–Trinajstić information content (AvgIpc) is 2.94. The van der Waals surface area contributed by atoms with Crippen LogP contribution in [0.3, 0.4) is 0 Å². The molecule has 0 unspecified atom stereocenters. The zero-order chi connectivity index (χ0) is 16.3. The van der Waals surface area contributed by atoms with E-state index >= 15 is 0 Å². The Hall–Kier alpha value is -1.00. The van der Waals surface area contributed by atoms with Gasteiger partial charge >= 0.3 is 0 Å². The van der Waals surface area contributed by atoms with Crippen molar-refractivity contribution in [3.05, 3.63) is 34.9 Å². The SMILES string of the molecule is Cc1ccc(CCC(=O)N[C@H]2CCO[C@]3(CCSC3)C2)c(C)c1. The lowest BCUT2D eigenvalue weighted by molar-refractivity contribution is -0.124. The van der Waals surface area contributed by atoms with Crippen molar-refractivity contribution in [2.75, 3.05) is 18.1 Å². The first-order valence-corrected chi connectivity index (χ1v) is 9.79. The molecule has 1 aromatic carbocycles. The highest BCUT2D eigenvalue weighted by molar-refractivity contribution is 7.99. The lowest BCUT2D eigenvalue weighted by Crippen LogP contribution is -2.48. The van der Waals surface area contributed by atoms with E-state index in [1.807, 2.05) is 11.8 Å². The molecule has 2 saturated heterocycles. The summed E-state index contributed by atoms with van der Waals surface area (Å²) in [5.41, 5.74) is 3.87. The van der Waals surface area contributed by atoms with Gasteiger partial charge in [0.2, 0.25) is 5.91 Å². The molecule has 0 aromatic heterocycles. The Balaban J connectivity index is 1.49. The molecule has 3 rings (SSSR count). The van der Waals surface area contributed by atoms with Gasteiger partial charge in [-0.1, -0.05) is 23.8 Å². The van der Waals surface area contributed by atoms with Crippen LogP contribution in [-0.2, 0) is 16.0 Å². The van der Waals surface area contributed by atoms with Gasteiger partial charge in [-0.2, -0.15) is 11.8 Å². The summed E-state index contributed by atoms with van der Waals surface area (Å²) in [7, 11) is 0. The molecule has 0 bridgehead atoms. The Morgan fingerprint density at radius 1 is 1.43 bits per heavy atom. The topological polar surface area (TPSA) is 38.3 Å². The largest absolute Gasteiger partial charge is 0.374 e. The second kappa shape index (κ2) is 7.27. The van der Waals surface area contributed by atoms with E-state index in [4.69, 9.17) is 4.74 Å². The van der Waals surface area contributed by atoms with Gasteiger partial charge in [-0.25, -0.2) is 0 Å². The maximum absolute atomic E-state index is 12.3. The number of ether oxygens (including phenoxy) is 1. The molecule has 2 aliphatic heterocycles. The van der Waals surface area contributed by atoms with Gasteiger partial charge in [0, 0.05) is 24.8 Å². The van der Waals surface area contributed by atoms with Crippen LogP contribution in [0.25, 0.3) is 0 Å². The summed E-state index contributed by atoms with van der Waals surface area (Å²) in [4.78, 5) is 12.3. The van der Waals surface area contributed by atoms with Gasteiger partial charge in [0.05, 0.1) is 5.60 Å². The van der Waals surface area contributed by atoms with Crippen LogP contribution in [0.1, 0.15) is 42.4 Å². The fourth-order valence-corrected chi connectivity index (χ4v) is 5.07. The molecule has 1 amide bonds. The van der Waals surface area contributed by atoms with Crippen molar-refractivity contribution in [3.63, 3.8) is 0 Å². The third-order valence-corrected chi connectivity index (χ3v) is 6.27. The van der Waals surface area contributed by atoms with Gasteiger partial charge in [0.1, 0.15) is 0 Å². The van der Waals surface area contributed by atoms with Crippen LogP contribution in [0.4, 0.5) is 0 Å². The number of hydrogen-bond acceptors (Lipinski definition) is 3. The summed E-state index contributed by atoms with van der Waals surface area (Å²) in [6.07, 6.45) is 4.45. The molecule has 0 aliphatic carbocycles. The summed E-state index contributed by atoms with van der Waals surface area (Å²) in [5.74, 6) is 2.45. The molecule has 0 saturated carbocycles. The first-order chi connectivity index (χ1) is 11.1. The molecular weight excluding hydrogens is 306 g/mol. The smallest absolute Gasteiger partial charge is 0.220 e. The molecular formula is C19H27NO2S. The van der Waals surface area contributed by atoms with Crippen molar-refractivity contribution in [2.24, 2.45) is 0 Å². The van der Waals surface area contributed by atoms with Gasteiger partial charge < -0.3 is 10.1 Å². The highest BCUT2D eigenvalue weighted by Gasteiger charge is 2.40. The van der Waals surface area contributed by atoms with Gasteiger partial charge in [0.25, 0.3) is 0 Å².